The molecule has 1 aliphatic heterocycles. The van der Waals surface area contributed by atoms with E-state index in [1.807, 2.05) is 30.3 Å². The van der Waals surface area contributed by atoms with Crippen molar-refractivity contribution in [2.75, 3.05) is 4.90 Å². The molecule has 0 unspecified atom stereocenters. The molecule has 34 heavy (non-hydrogen) atoms. The molecular weight excluding hydrogens is 463 g/mol. The smallest absolute Gasteiger partial charge is 0.443 e. The van der Waals surface area contributed by atoms with Gasteiger partial charge in [0.2, 0.25) is 0 Å². The molecule has 176 valence electrons. The van der Waals surface area contributed by atoms with Crippen LogP contribution in [-0.4, -0.2) is 23.1 Å². The van der Waals surface area contributed by atoms with Gasteiger partial charge in [-0.3, -0.25) is 4.79 Å². The van der Waals surface area contributed by atoms with E-state index < -0.39 is 39.6 Å². The lowest BCUT2D eigenvalue weighted by Gasteiger charge is -2.30. The molecule has 1 atom stereocenters. The van der Waals surface area contributed by atoms with Crippen molar-refractivity contribution in [1.82, 2.24) is 0 Å². The van der Waals surface area contributed by atoms with Crippen LogP contribution in [-0.2, 0) is 14.3 Å². The lowest BCUT2D eigenvalue weighted by Crippen LogP contribution is -2.45. The number of amides is 2. The highest BCUT2D eigenvalue weighted by Crippen LogP contribution is 2.58. The maximum Gasteiger partial charge on any atom is 0.443 e. The third-order valence-corrected chi connectivity index (χ3v) is 6.44. The number of ether oxygens (including phenoxy) is 1. The van der Waals surface area contributed by atoms with Crippen LogP contribution in [0.25, 0.3) is 11.1 Å². The van der Waals surface area contributed by atoms with Crippen molar-refractivity contribution >= 4 is 29.4 Å². The molecular formula is C26H22F3NO3S. The number of para-hydroxylation sites is 1. The number of fused-ring (bicyclic) bond motifs is 1. The SMILES string of the molecule is CC(C)(C)OC(=O)N1C(=O)[C@](SC(F)(F)F)(c2ccc(-c3ccccc3)cc2)c2ccccc21. The van der Waals surface area contributed by atoms with Gasteiger partial charge in [0, 0.05) is 5.56 Å². The zero-order valence-corrected chi connectivity index (χ0v) is 19.5. The first-order valence-electron chi connectivity index (χ1n) is 10.5. The number of hydrogen-bond donors (Lipinski definition) is 0. The van der Waals surface area contributed by atoms with Gasteiger partial charge in [0.05, 0.1) is 5.69 Å². The molecule has 2 amide bonds. The molecule has 3 aromatic rings. The van der Waals surface area contributed by atoms with Gasteiger partial charge >= 0.3 is 11.6 Å². The maximum absolute atomic E-state index is 13.9. The van der Waals surface area contributed by atoms with Crippen LogP contribution in [0.3, 0.4) is 0 Å². The number of alkyl halides is 3. The Morgan fingerprint density at radius 1 is 0.853 bits per heavy atom. The number of halogens is 3. The Kier molecular flexibility index (Phi) is 5.97. The third-order valence-electron chi connectivity index (χ3n) is 5.27. The number of anilines is 1. The van der Waals surface area contributed by atoms with Crippen molar-refractivity contribution in [3.63, 3.8) is 0 Å². The second kappa shape index (κ2) is 8.51. The summed E-state index contributed by atoms with van der Waals surface area (Å²) in [5.41, 5.74) is -3.74. The first kappa shape index (κ1) is 23.9. The van der Waals surface area contributed by atoms with Crippen molar-refractivity contribution < 1.29 is 27.5 Å². The monoisotopic (exact) mass is 485 g/mol. The van der Waals surface area contributed by atoms with E-state index in [1.165, 1.54) is 24.3 Å². The average Bonchev–Trinajstić information content (AvgIpc) is 3.01. The summed E-state index contributed by atoms with van der Waals surface area (Å²) < 4.78 is 44.9. The van der Waals surface area contributed by atoms with Crippen molar-refractivity contribution in [2.45, 2.75) is 36.6 Å². The molecule has 4 nitrogen and oxygen atoms in total. The molecule has 0 radical (unpaired) electrons. The number of rotatable bonds is 3. The molecule has 0 aromatic heterocycles. The molecule has 0 fully saturated rings. The number of hydrogen-bond acceptors (Lipinski definition) is 4. The van der Waals surface area contributed by atoms with Gasteiger partial charge in [0.25, 0.3) is 5.91 Å². The van der Waals surface area contributed by atoms with Crippen molar-refractivity contribution in [3.8, 4) is 11.1 Å². The molecule has 0 spiro atoms. The van der Waals surface area contributed by atoms with Crippen LogP contribution in [0.5, 0.6) is 0 Å². The minimum absolute atomic E-state index is 0.0747. The fourth-order valence-corrected chi connectivity index (χ4v) is 5.04. The fraction of sp³-hybridized carbons (Fsp3) is 0.231. The molecule has 0 bridgehead atoms. The van der Waals surface area contributed by atoms with Gasteiger partial charge in [-0.25, -0.2) is 9.69 Å². The van der Waals surface area contributed by atoms with Gasteiger partial charge < -0.3 is 4.74 Å². The minimum Gasteiger partial charge on any atom is -0.443 e. The maximum atomic E-state index is 13.9. The van der Waals surface area contributed by atoms with Gasteiger partial charge in [-0.05, 0) is 55.3 Å². The van der Waals surface area contributed by atoms with Gasteiger partial charge in [-0.15, -0.1) is 0 Å². The van der Waals surface area contributed by atoms with E-state index in [9.17, 15) is 22.8 Å². The first-order valence-corrected chi connectivity index (χ1v) is 11.3. The Labute approximate surface area is 199 Å². The van der Waals surface area contributed by atoms with Crippen molar-refractivity contribution in [2.24, 2.45) is 0 Å². The van der Waals surface area contributed by atoms with Crippen LogP contribution in [0.15, 0.2) is 78.9 Å². The molecule has 3 aromatic carbocycles. The van der Waals surface area contributed by atoms with Gasteiger partial charge in [-0.1, -0.05) is 72.8 Å². The van der Waals surface area contributed by atoms with E-state index in [0.29, 0.717) is 4.90 Å². The number of thioether (sulfide) groups is 1. The second-order valence-corrected chi connectivity index (χ2v) is 10.1. The van der Waals surface area contributed by atoms with Crippen LogP contribution in [0.4, 0.5) is 23.7 Å². The van der Waals surface area contributed by atoms with Gasteiger partial charge in [0.1, 0.15) is 5.60 Å². The average molecular weight is 486 g/mol. The van der Waals surface area contributed by atoms with Crippen LogP contribution in [0, 0.1) is 0 Å². The number of imide groups is 1. The molecule has 0 aliphatic carbocycles. The number of benzene rings is 3. The molecule has 0 N–H and O–H groups in total. The first-order chi connectivity index (χ1) is 15.9. The zero-order chi connectivity index (χ0) is 24.7. The molecule has 1 heterocycles. The van der Waals surface area contributed by atoms with Crippen molar-refractivity contribution in [3.05, 3.63) is 90.0 Å². The highest BCUT2D eigenvalue weighted by Gasteiger charge is 2.60. The molecule has 0 saturated heterocycles. The molecule has 1 aliphatic rings. The number of carbonyl (C=O) groups excluding carboxylic acids is 2. The summed E-state index contributed by atoms with van der Waals surface area (Å²) in [6.45, 7) is 4.87. The number of carbonyl (C=O) groups is 2. The predicted octanol–water partition coefficient (Wildman–Crippen LogP) is 7.13. The van der Waals surface area contributed by atoms with Crippen LogP contribution < -0.4 is 4.90 Å². The third kappa shape index (κ3) is 4.42. The summed E-state index contributed by atoms with van der Waals surface area (Å²) in [6, 6.07) is 21.7. The largest absolute Gasteiger partial charge is 0.443 e. The highest BCUT2D eigenvalue weighted by atomic mass is 32.2. The summed E-state index contributed by atoms with van der Waals surface area (Å²) in [7, 11) is 0. The predicted molar refractivity (Wildman–Crippen MR) is 126 cm³/mol. The van der Waals surface area contributed by atoms with E-state index in [-0.39, 0.29) is 16.8 Å². The van der Waals surface area contributed by atoms with Crippen LogP contribution >= 0.6 is 11.8 Å². The fourth-order valence-electron chi connectivity index (χ4n) is 3.98. The highest BCUT2D eigenvalue weighted by molar-refractivity contribution is 8.02. The summed E-state index contributed by atoms with van der Waals surface area (Å²) in [6.07, 6.45) is -1.02. The Balaban J connectivity index is 1.88. The van der Waals surface area contributed by atoms with Crippen LogP contribution in [0.1, 0.15) is 31.9 Å². The Hall–Kier alpha value is -3.26. The topological polar surface area (TPSA) is 46.6 Å². The zero-order valence-electron chi connectivity index (χ0n) is 18.7. The summed E-state index contributed by atoms with van der Waals surface area (Å²) in [5, 5.41) is 0. The van der Waals surface area contributed by atoms with E-state index in [2.05, 4.69) is 0 Å². The van der Waals surface area contributed by atoms with Crippen molar-refractivity contribution in [1.29, 1.82) is 0 Å². The summed E-state index contributed by atoms with van der Waals surface area (Å²) >= 11 is -0.442. The quantitative estimate of drug-likeness (QED) is 0.396. The summed E-state index contributed by atoms with van der Waals surface area (Å²) in [4.78, 5) is 27.4. The Bertz CT molecular complexity index is 1220. The van der Waals surface area contributed by atoms with E-state index in [0.717, 1.165) is 11.1 Å². The van der Waals surface area contributed by atoms with Gasteiger partial charge in [0.15, 0.2) is 4.75 Å². The lowest BCUT2D eigenvalue weighted by atomic mass is 9.90. The minimum atomic E-state index is -4.76. The van der Waals surface area contributed by atoms with E-state index in [1.54, 1.807) is 45.0 Å². The van der Waals surface area contributed by atoms with E-state index in [4.69, 9.17) is 4.74 Å². The Morgan fingerprint density at radius 2 is 1.41 bits per heavy atom. The normalized spacial score (nSPS) is 18.1. The standard InChI is InChI=1S/C26H22F3NO3S/c1-24(2,3)33-23(32)30-21-12-8-7-11-20(21)25(22(30)31,34-26(27,28)29)19-15-13-18(14-16-19)17-9-5-4-6-10-17/h4-16H,1-3H3/t25-/m0/s1. The molecule has 4 rings (SSSR count). The number of nitrogens with zero attached hydrogens (tertiary/aromatic N) is 1. The molecule has 0 saturated carbocycles. The molecule has 8 heteroatoms. The summed E-state index contributed by atoms with van der Waals surface area (Å²) in [5.74, 6) is -1.02. The van der Waals surface area contributed by atoms with Gasteiger partial charge in [-0.2, -0.15) is 13.2 Å². The second-order valence-electron chi connectivity index (χ2n) is 8.81. The lowest BCUT2D eigenvalue weighted by molar-refractivity contribution is -0.119. The Morgan fingerprint density at radius 3 is 2.00 bits per heavy atom. The van der Waals surface area contributed by atoms with E-state index >= 15 is 0 Å². The van der Waals surface area contributed by atoms with Crippen LogP contribution in [0.2, 0.25) is 0 Å².